The van der Waals surface area contributed by atoms with Gasteiger partial charge in [0.2, 0.25) is 11.8 Å². The summed E-state index contributed by atoms with van der Waals surface area (Å²) < 4.78 is 5.43. The van der Waals surface area contributed by atoms with Gasteiger partial charge in [0, 0.05) is 18.7 Å². The second-order valence-electron chi connectivity index (χ2n) is 6.48. The second kappa shape index (κ2) is 9.43. The van der Waals surface area contributed by atoms with Crippen LogP contribution in [0, 0.1) is 0 Å². The van der Waals surface area contributed by atoms with E-state index in [2.05, 4.69) is 10.6 Å². The van der Waals surface area contributed by atoms with Crippen LogP contribution in [-0.2, 0) is 9.59 Å². The molecule has 0 aromatic heterocycles. The first-order valence-corrected chi connectivity index (χ1v) is 9.77. The highest BCUT2D eigenvalue weighted by atomic mass is 35.5. The Morgan fingerprint density at radius 1 is 1.21 bits per heavy atom. The maximum absolute atomic E-state index is 12.3. The summed E-state index contributed by atoms with van der Waals surface area (Å²) in [6.45, 7) is 2.70. The van der Waals surface area contributed by atoms with Crippen molar-refractivity contribution in [2.24, 2.45) is 0 Å². The van der Waals surface area contributed by atoms with E-state index in [0.29, 0.717) is 47.3 Å². The number of benzene rings is 2. The first-order chi connectivity index (χ1) is 14.0. The molecule has 29 heavy (non-hydrogen) atoms. The van der Waals surface area contributed by atoms with Gasteiger partial charge < -0.3 is 20.3 Å². The molecule has 0 unspecified atom stereocenters. The van der Waals surface area contributed by atoms with Gasteiger partial charge in [0.05, 0.1) is 29.4 Å². The zero-order valence-electron chi connectivity index (χ0n) is 16.0. The molecule has 0 atom stereocenters. The highest BCUT2D eigenvalue weighted by Gasteiger charge is 2.23. The molecule has 1 fully saturated rings. The van der Waals surface area contributed by atoms with E-state index in [-0.39, 0.29) is 12.5 Å². The molecule has 1 heterocycles. The number of hydrogen-bond acceptors (Lipinski definition) is 4. The summed E-state index contributed by atoms with van der Waals surface area (Å²) in [5, 5.41) is 5.65. The molecule has 3 amide bonds. The molecular formula is C21H22ClN3O4. The molecule has 3 rings (SSSR count). The number of carbonyl (C=O) groups excluding carboxylic acids is 3. The molecule has 1 saturated heterocycles. The lowest BCUT2D eigenvalue weighted by Crippen LogP contribution is -2.33. The highest BCUT2D eigenvalue weighted by molar-refractivity contribution is 6.34. The van der Waals surface area contributed by atoms with Crippen molar-refractivity contribution in [3.05, 3.63) is 53.1 Å². The van der Waals surface area contributed by atoms with Crippen LogP contribution in [0.1, 0.15) is 30.1 Å². The van der Waals surface area contributed by atoms with Gasteiger partial charge in [-0.05, 0) is 43.7 Å². The summed E-state index contributed by atoms with van der Waals surface area (Å²) in [6, 6.07) is 11.8. The van der Waals surface area contributed by atoms with Gasteiger partial charge in [-0.2, -0.15) is 0 Å². The highest BCUT2D eigenvalue weighted by Crippen LogP contribution is 2.31. The lowest BCUT2D eigenvalue weighted by atomic mass is 10.2. The number of carbonyl (C=O) groups is 3. The van der Waals surface area contributed by atoms with Crippen molar-refractivity contribution >= 4 is 40.7 Å². The van der Waals surface area contributed by atoms with Crippen LogP contribution in [0.5, 0.6) is 5.75 Å². The molecule has 0 bridgehead atoms. The number of nitrogens with zero attached hydrogens (tertiary/aromatic N) is 1. The van der Waals surface area contributed by atoms with Gasteiger partial charge in [-0.25, -0.2) is 0 Å². The number of nitrogens with one attached hydrogen (secondary N) is 2. The van der Waals surface area contributed by atoms with Crippen molar-refractivity contribution in [3.63, 3.8) is 0 Å². The summed E-state index contributed by atoms with van der Waals surface area (Å²) in [4.78, 5) is 38.1. The number of anilines is 2. The predicted molar refractivity (Wildman–Crippen MR) is 112 cm³/mol. The van der Waals surface area contributed by atoms with Gasteiger partial charge in [0.25, 0.3) is 5.91 Å². The van der Waals surface area contributed by atoms with Crippen molar-refractivity contribution in [2.75, 3.05) is 29.9 Å². The molecule has 0 spiro atoms. The summed E-state index contributed by atoms with van der Waals surface area (Å²) in [5.41, 5.74) is 1.48. The fourth-order valence-corrected chi connectivity index (χ4v) is 3.39. The fourth-order valence-electron chi connectivity index (χ4n) is 3.10. The van der Waals surface area contributed by atoms with Crippen LogP contribution >= 0.6 is 11.6 Å². The minimum absolute atomic E-state index is 0.0405. The molecule has 7 nitrogen and oxygen atoms in total. The van der Waals surface area contributed by atoms with E-state index >= 15 is 0 Å². The van der Waals surface area contributed by atoms with E-state index in [0.717, 1.165) is 6.42 Å². The Hall–Kier alpha value is -3.06. The SMILES string of the molecule is CCOc1ccccc1C(=O)NCC(=O)Nc1ccc(N2CCCC2=O)c(Cl)c1. The summed E-state index contributed by atoms with van der Waals surface area (Å²) in [5.74, 6) is -0.288. The molecule has 0 saturated carbocycles. The van der Waals surface area contributed by atoms with Gasteiger partial charge in [0.15, 0.2) is 0 Å². The molecule has 2 aromatic carbocycles. The van der Waals surface area contributed by atoms with Gasteiger partial charge in [-0.15, -0.1) is 0 Å². The minimum Gasteiger partial charge on any atom is -0.493 e. The van der Waals surface area contributed by atoms with Gasteiger partial charge >= 0.3 is 0 Å². The first kappa shape index (κ1) is 20.7. The second-order valence-corrected chi connectivity index (χ2v) is 6.88. The van der Waals surface area contributed by atoms with Crippen LogP contribution in [0.2, 0.25) is 5.02 Å². The molecule has 2 N–H and O–H groups in total. The largest absolute Gasteiger partial charge is 0.493 e. The quantitative estimate of drug-likeness (QED) is 0.726. The molecule has 0 radical (unpaired) electrons. The summed E-state index contributed by atoms with van der Waals surface area (Å²) in [7, 11) is 0. The fraction of sp³-hybridized carbons (Fsp3) is 0.286. The summed E-state index contributed by atoms with van der Waals surface area (Å²) >= 11 is 6.28. The molecule has 1 aliphatic heterocycles. The predicted octanol–water partition coefficient (Wildman–Crippen LogP) is 3.23. The molecule has 2 aromatic rings. The normalized spacial score (nSPS) is 13.3. The minimum atomic E-state index is -0.398. The number of hydrogen-bond donors (Lipinski definition) is 2. The third kappa shape index (κ3) is 5.06. The van der Waals surface area contributed by atoms with Crippen LogP contribution in [-0.4, -0.2) is 37.4 Å². The smallest absolute Gasteiger partial charge is 0.255 e. The van der Waals surface area contributed by atoms with E-state index in [1.54, 1.807) is 47.4 Å². The Morgan fingerprint density at radius 3 is 2.69 bits per heavy atom. The van der Waals surface area contributed by atoms with E-state index in [1.165, 1.54) is 0 Å². The summed E-state index contributed by atoms with van der Waals surface area (Å²) in [6.07, 6.45) is 1.32. The first-order valence-electron chi connectivity index (χ1n) is 9.39. The average Bonchev–Trinajstić information content (AvgIpc) is 3.12. The number of para-hydroxylation sites is 1. The molecule has 1 aliphatic rings. The Labute approximate surface area is 174 Å². The van der Waals surface area contributed by atoms with Crippen LogP contribution in [0.4, 0.5) is 11.4 Å². The maximum Gasteiger partial charge on any atom is 0.255 e. The number of amides is 3. The standard InChI is InChI=1S/C21H22ClN3O4/c1-2-29-18-7-4-3-6-15(18)21(28)23-13-19(26)24-14-9-10-17(16(22)12-14)25-11-5-8-20(25)27/h3-4,6-7,9-10,12H,2,5,8,11,13H2,1H3,(H,23,28)(H,24,26). The topological polar surface area (TPSA) is 87.7 Å². The maximum atomic E-state index is 12.3. The van der Waals surface area contributed by atoms with Gasteiger partial charge in [-0.3, -0.25) is 14.4 Å². The Balaban J connectivity index is 1.58. The zero-order valence-corrected chi connectivity index (χ0v) is 16.8. The third-order valence-electron chi connectivity index (χ3n) is 4.44. The van der Waals surface area contributed by atoms with Crippen molar-refractivity contribution in [2.45, 2.75) is 19.8 Å². The van der Waals surface area contributed by atoms with E-state index in [1.807, 2.05) is 6.92 Å². The third-order valence-corrected chi connectivity index (χ3v) is 4.74. The number of rotatable bonds is 7. The van der Waals surface area contributed by atoms with Gasteiger partial charge in [0.1, 0.15) is 5.75 Å². The molecular weight excluding hydrogens is 394 g/mol. The lowest BCUT2D eigenvalue weighted by molar-refractivity contribution is -0.117. The van der Waals surface area contributed by atoms with Gasteiger partial charge in [-0.1, -0.05) is 23.7 Å². The van der Waals surface area contributed by atoms with E-state index < -0.39 is 11.8 Å². The van der Waals surface area contributed by atoms with Crippen molar-refractivity contribution in [1.29, 1.82) is 0 Å². The number of halogens is 1. The Kier molecular flexibility index (Phi) is 6.72. The number of ether oxygens (including phenoxy) is 1. The average molecular weight is 416 g/mol. The Bertz CT molecular complexity index is 932. The Morgan fingerprint density at radius 2 is 2.00 bits per heavy atom. The van der Waals surface area contributed by atoms with Crippen molar-refractivity contribution < 1.29 is 19.1 Å². The monoisotopic (exact) mass is 415 g/mol. The van der Waals surface area contributed by atoms with Crippen LogP contribution < -0.4 is 20.3 Å². The molecule has 152 valence electrons. The van der Waals surface area contributed by atoms with Crippen molar-refractivity contribution in [1.82, 2.24) is 5.32 Å². The zero-order chi connectivity index (χ0) is 20.8. The van der Waals surface area contributed by atoms with E-state index in [9.17, 15) is 14.4 Å². The van der Waals surface area contributed by atoms with Crippen LogP contribution in [0.3, 0.4) is 0 Å². The van der Waals surface area contributed by atoms with Crippen molar-refractivity contribution in [3.8, 4) is 5.75 Å². The van der Waals surface area contributed by atoms with E-state index in [4.69, 9.17) is 16.3 Å². The molecule has 0 aliphatic carbocycles. The lowest BCUT2D eigenvalue weighted by Gasteiger charge is -2.18. The molecule has 8 heteroatoms. The van der Waals surface area contributed by atoms with Crippen LogP contribution in [0.15, 0.2) is 42.5 Å². The van der Waals surface area contributed by atoms with Crippen LogP contribution in [0.25, 0.3) is 0 Å².